The second-order valence-corrected chi connectivity index (χ2v) is 6.67. The number of carbonyl (C=O) groups is 1. The summed E-state index contributed by atoms with van der Waals surface area (Å²) in [5.74, 6) is -0.131. The topological polar surface area (TPSA) is 96.9 Å². The van der Waals surface area contributed by atoms with Gasteiger partial charge in [0.15, 0.2) is 0 Å². The number of nitrogens with two attached hydrogens (primary N) is 2. The first-order valence-corrected chi connectivity index (χ1v) is 9.05. The highest BCUT2D eigenvalue weighted by Crippen LogP contribution is 2.19. The molecular weight excluding hydrogens is 360 g/mol. The van der Waals surface area contributed by atoms with Gasteiger partial charge in [0.1, 0.15) is 5.69 Å². The van der Waals surface area contributed by atoms with Gasteiger partial charge in [-0.25, -0.2) is 0 Å². The monoisotopic (exact) mass is 386 g/mol. The molecule has 0 spiro atoms. The number of aromatic amines is 1. The molecule has 2 aromatic carbocycles. The second kappa shape index (κ2) is 10.1. The molecule has 0 aliphatic rings. The third-order valence-electron chi connectivity index (χ3n) is 4.49. The normalized spacial score (nSPS) is 11.8. The van der Waals surface area contributed by atoms with Gasteiger partial charge >= 0.3 is 1.43 Å². The van der Waals surface area contributed by atoms with E-state index < -0.39 is 0 Å². The van der Waals surface area contributed by atoms with Crippen LogP contribution in [0.2, 0.25) is 0 Å². The summed E-state index contributed by atoms with van der Waals surface area (Å²) in [4.78, 5) is 15.6. The van der Waals surface area contributed by atoms with Crippen LogP contribution in [0.15, 0.2) is 54.6 Å². The molecule has 1 amide bonds. The maximum absolute atomic E-state index is 12.3. The number of H-pyrrole nitrogens is 1. The van der Waals surface area contributed by atoms with E-state index in [-0.39, 0.29) is 25.8 Å². The number of hydrogen-bond acceptors (Lipinski definition) is 3. The Balaban J connectivity index is 0.00000196. The van der Waals surface area contributed by atoms with E-state index >= 15 is 0 Å². The molecule has 1 heterocycles. The Kier molecular flexibility index (Phi) is 7.85. The van der Waals surface area contributed by atoms with Crippen LogP contribution in [-0.4, -0.2) is 30.0 Å². The van der Waals surface area contributed by atoms with Crippen LogP contribution in [0, 0.1) is 0 Å². The highest BCUT2D eigenvalue weighted by Gasteiger charge is 2.11. The molecule has 6 N–H and O–H groups in total. The van der Waals surface area contributed by atoms with E-state index in [1.54, 1.807) is 0 Å². The van der Waals surface area contributed by atoms with Gasteiger partial charge in [-0.15, -0.1) is 0 Å². The lowest BCUT2D eigenvalue weighted by molar-refractivity contribution is -0.0000136. The predicted octanol–water partition coefficient (Wildman–Crippen LogP) is -0.329. The van der Waals surface area contributed by atoms with E-state index in [0.717, 1.165) is 30.2 Å². The third-order valence-corrected chi connectivity index (χ3v) is 4.49. The largest absolute Gasteiger partial charge is 1.00 e. The standard InChI is InChI=1S/C21H26N4O.ClH/c22-10-4-7-18(23)14-24-21(26)20-13-17-9-8-16(12-19(17)25-20)11-15-5-2-1-3-6-15;/h1-3,5-6,8-9,12-13,18,25H,4,7,10-11,14,22-23H2,(H,24,26);1H/t18-;/m0./s1. The van der Waals surface area contributed by atoms with Crippen molar-refractivity contribution in [3.05, 3.63) is 71.4 Å². The number of halogens is 1. The second-order valence-electron chi connectivity index (χ2n) is 6.67. The number of rotatable bonds is 8. The van der Waals surface area contributed by atoms with Crippen LogP contribution in [-0.2, 0) is 6.42 Å². The van der Waals surface area contributed by atoms with Crippen molar-refractivity contribution in [1.82, 2.24) is 10.3 Å². The lowest BCUT2D eigenvalue weighted by atomic mass is 10.0. The number of fused-ring (bicyclic) bond motifs is 1. The van der Waals surface area contributed by atoms with Gasteiger partial charge in [0.25, 0.3) is 5.91 Å². The summed E-state index contributed by atoms with van der Waals surface area (Å²) in [6.45, 7) is 1.07. The summed E-state index contributed by atoms with van der Waals surface area (Å²) in [7, 11) is 0. The number of aromatic nitrogens is 1. The summed E-state index contributed by atoms with van der Waals surface area (Å²) in [6, 6.07) is 18.4. The van der Waals surface area contributed by atoms with Crippen LogP contribution in [0.3, 0.4) is 0 Å². The zero-order chi connectivity index (χ0) is 18.4. The van der Waals surface area contributed by atoms with Crippen LogP contribution in [0.25, 0.3) is 10.9 Å². The van der Waals surface area contributed by atoms with Gasteiger partial charge in [-0.1, -0.05) is 42.5 Å². The molecule has 5 nitrogen and oxygen atoms in total. The number of amides is 1. The molecule has 0 radical (unpaired) electrons. The molecule has 6 heteroatoms. The van der Waals surface area contributed by atoms with Gasteiger partial charge in [-0.05, 0) is 49.1 Å². The van der Waals surface area contributed by atoms with Crippen molar-refractivity contribution < 1.29 is 18.6 Å². The molecule has 27 heavy (non-hydrogen) atoms. The average Bonchev–Trinajstić information content (AvgIpc) is 3.08. The Hall–Kier alpha value is -2.34. The molecule has 0 aliphatic carbocycles. The molecular formula is C21H27ClN4O. The molecule has 3 rings (SSSR count). The predicted molar refractivity (Wildman–Crippen MR) is 107 cm³/mol. The van der Waals surface area contributed by atoms with Crippen molar-refractivity contribution in [3.63, 3.8) is 0 Å². The summed E-state index contributed by atoms with van der Waals surface area (Å²) in [6.07, 6.45) is 2.55. The minimum atomic E-state index is -0.131. The maximum atomic E-state index is 12.3. The molecule has 0 saturated heterocycles. The fourth-order valence-electron chi connectivity index (χ4n) is 3.04. The molecule has 1 atom stereocenters. The quantitative estimate of drug-likeness (QED) is 0.427. The molecule has 3 aromatic rings. The number of hydrogen-bond donors (Lipinski definition) is 4. The Morgan fingerprint density at radius 2 is 1.89 bits per heavy atom. The average molecular weight is 387 g/mol. The van der Waals surface area contributed by atoms with Crippen molar-refractivity contribution >= 4 is 16.8 Å². The van der Waals surface area contributed by atoms with E-state index in [1.165, 1.54) is 11.1 Å². The first-order chi connectivity index (χ1) is 12.7. The molecule has 0 aliphatic heterocycles. The SMILES string of the molecule is NCCC[C@H](N)CNC(=O)c1cc2ccc(Cc3ccccc3)cc2[nH]1.[Cl-].[H+]. The van der Waals surface area contributed by atoms with Crippen molar-refractivity contribution in [2.24, 2.45) is 11.5 Å². The van der Waals surface area contributed by atoms with E-state index in [2.05, 4.69) is 34.6 Å². The van der Waals surface area contributed by atoms with Gasteiger partial charge < -0.3 is 34.2 Å². The highest BCUT2D eigenvalue weighted by molar-refractivity contribution is 5.98. The van der Waals surface area contributed by atoms with E-state index in [0.29, 0.717) is 18.8 Å². The minimum absolute atomic E-state index is 0. The van der Waals surface area contributed by atoms with E-state index in [4.69, 9.17) is 11.5 Å². The maximum Gasteiger partial charge on any atom is 1.00 e. The number of benzene rings is 2. The zero-order valence-corrected chi connectivity index (χ0v) is 16.0. The van der Waals surface area contributed by atoms with E-state index in [1.807, 2.05) is 30.3 Å². The number of carbonyl (C=O) groups excluding carboxylic acids is 1. The first kappa shape index (κ1) is 21.0. The van der Waals surface area contributed by atoms with Gasteiger partial charge in [0, 0.05) is 23.5 Å². The molecule has 144 valence electrons. The van der Waals surface area contributed by atoms with Crippen LogP contribution in [0.1, 0.15) is 35.9 Å². The van der Waals surface area contributed by atoms with Gasteiger partial charge in [0.05, 0.1) is 0 Å². The Morgan fingerprint density at radius 1 is 1.11 bits per heavy atom. The molecule has 0 bridgehead atoms. The van der Waals surface area contributed by atoms with Crippen molar-refractivity contribution in [2.75, 3.05) is 13.1 Å². The summed E-state index contributed by atoms with van der Waals surface area (Å²) < 4.78 is 0. The van der Waals surface area contributed by atoms with E-state index in [9.17, 15) is 4.79 Å². The summed E-state index contributed by atoms with van der Waals surface area (Å²) in [5.41, 5.74) is 15.5. The van der Waals surface area contributed by atoms with Crippen molar-refractivity contribution in [3.8, 4) is 0 Å². The molecule has 0 saturated carbocycles. The summed E-state index contributed by atoms with van der Waals surface area (Å²) in [5, 5.41) is 3.91. The van der Waals surface area contributed by atoms with Crippen molar-refractivity contribution in [2.45, 2.75) is 25.3 Å². The molecule has 1 aromatic heterocycles. The number of nitrogens with one attached hydrogen (secondary N) is 2. The van der Waals surface area contributed by atoms with Gasteiger partial charge in [-0.2, -0.15) is 0 Å². The Bertz CT molecular complexity index is 869. The minimum Gasteiger partial charge on any atom is -1.00 e. The Morgan fingerprint density at radius 3 is 2.63 bits per heavy atom. The first-order valence-electron chi connectivity index (χ1n) is 9.05. The highest BCUT2D eigenvalue weighted by atomic mass is 35.5. The fraction of sp³-hybridized carbons (Fsp3) is 0.286. The zero-order valence-electron chi connectivity index (χ0n) is 16.2. The van der Waals surface area contributed by atoms with Gasteiger partial charge in [0.2, 0.25) is 0 Å². The van der Waals surface area contributed by atoms with Crippen molar-refractivity contribution in [1.29, 1.82) is 0 Å². The molecule has 0 fully saturated rings. The smallest absolute Gasteiger partial charge is 1.00 e. The third kappa shape index (κ3) is 5.82. The van der Waals surface area contributed by atoms with Gasteiger partial charge in [-0.3, -0.25) is 4.79 Å². The molecule has 0 unspecified atom stereocenters. The lowest BCUT2D eigenvalue weighted by Crippen LogP contribution is -3.00. The van der Waals surface area contributed by atoms with Crippen LogP contribution < -0.4 is 29.2 Å². The lowest BCUT2D eigenvalue weighted by Gasteiger charge is -2.11. The van der Waals surface area contributed by atoms with Crippen LogP contribution in [0.5, 0.6) is 0 Å². The van der Waals surface area contributed by atoms with Crippen LogP contribution >= 0.6 is 0 Å². The summed E-state index contributed by atoms with van der Waals surface area (Å²) >= 11 is 0. The van der Waals surface area contributed by atoms with Crippen LogP contribution in [0.4, 0.5) is 0 Å². The Labute approximate surface area is 167 Å². The fourth-order valence-corrected chi connectivity index (χ4v) is 3.04.